The summed E-state index contributed by atoms with van der Waals surface area (Å²) in [5.41, 5.74) is 4.22. The Hall–Kier alpha value is -4.05. The van der Waals surface area contributed by atoms with Crippen LogP contribution in [0.4, 0.5) is 0 Å². The summed E-state index contributed by atoms with van der Waals surface area (Å²) >= 11 is 0. The zero-order valence-electron chi connectivity index (χ0n) is 17.3. The molecule has 0 saturated heterocycles. The number of hydrogen-bond acceptors (Lipinski definition) is 7. The van der Waals surface area contributed by atoms with Crippen molar-refractivity contribution >= 4 is 17.4 Å². The van der Waals surface area contributed by atoms with Crippen LogP contribution in [0.3, 0.4) is 0 Å². The Kier molecular flexibility index (Phi) is 5.22. The van der Waals surface area contributed by atoms with E-state index in [1.165, 1.54) is 14.2 Å². The molecule has 0 fully saturated rings. The molecular weight excluding hydrogens is 396 g/mol. The molecule has 0 spiro atoms. The molecular formula is C24H20N2O5. The second-order valence-corrected chi connectivity index (χ2v) is 7.11. The van der Waals surface area contributed by atoms with E-state index in [1.807, 2.05) is 24.3 Å². The molecule has 0 saturated carbocycles. The van der Waals surface area contributed by atoms with Crippen molar-refractivity contribution in [2.24, 2.45) is 0 Å². The Morgan fingerprint density at radius 3 is 2.55 bits per heavy atom. The molecule has 7 heteroatoms. The minimum absolute atomic E-state index is 0.126. The molecule has 4 rings (SSSR count). The summed E-state index contributed by atoms with van der Waals surface area (Å²) in [6.45, 7) is 1.66. The third-order valence-corrected chi connectivity index (χ3v) is 5.47. The van der Waals surface area contributed by atoms with Gasteiger partial charge in [0.1, 0.15) is 6.07 Å². The summed E-state index contributed by atoms with van der Waals surface area (Å²) in [6, 6.07) is 14.4. The van der Waals surface area contributed by atoms with E-state index in [9.17, 15) is 9.59 Å². The van der Waals surface area contributed by atoms with Crippen molar-refractivity contribution in [3.8, 4) is 17.6 Å². The standard InChI is InChI=1S/C24H20N2O5/c1-13-19(24(28)30-3)20(14-8-9-17(31-11-10-25)18(12-14)29-2)21-22(26-13)15-6-4-5-7-16(15)23(21)27/h4-9,12,20,26H,11H2,1-3H3/t20-/m1/s1. The van der Waals surface area contributed by atoms with Gasteiger partial charge < -0.3 is 19.5 Å². The molecule has 1 aliphatic carbocycles. The number of carbonyl (C=O) groups is 2. The highest BCUT2D eigenvalue weighted by atomic mass is 16.5. The van der Waals surface area contributed by atoms with Gasteiger partial charge in [-0.2, -0.15) is 5.26 Å². The van der Waals surface area contributed by atoms with Gasteiger partial charge in [-0.25, -0.2) is 4.79 Å². The van der Waals surface area contributed by atoms with Crippen molar-refractivity contribution in [1.82, 2.24) is 5.32 Å². The second-order valence-electron chi connectivity index (χ2n) is 7.11. The van der Waals surface area contributed by atoms with Crippen LogP contribution < -0.4 is 14.8 Å². The van der Waals surface area contributed by atoms with Crippen molar-refractivity contribution in [1.29, 1.82) is 5.26 Å². The van der Waals surface area contributed by atoms with Gasteiger partial charge in [-0.1, -0.05) is 30.3 Å². The number of methoxy groups -OCH3 is 2. The average Bonchev–Trinajstić information content (AvgIpc) is 3.08. The highest BCUT2D eigenvalue weighted by molar-refractivity contribution is 6.23. The maximum atomic E-state index is 13.4. The quantitative estimate of drug-likeness (QED) is 0.747. The van der Waals surface area contributed by atoms with Crippen LogP contribution in [0.25, 0.3) is 5.70 Å². The van der Waals surface area contributed by atoms with E-state index >= 15 is 0 Å². The third kappa shape index (κ3) is 3.22. The lowest BCUT2D eigenvalue weighted by atomic mass is 9.79. The molecule has 2 aromatic rings. The van der Waals surface area contributed by atoms with Crippen molar-refractivity contribution in [3.05, 3.63) is 76.0 Å². The van der Waals surface area contributed by atoms with Gasteiger partial charge in [-0.15, -0.1) is 0 Å². The van der Waals surface area contributed by atoms with E-state index in [-0.39, 0.29) is 12.4 Å². The maximum absolute atomic E-state index is 13.4. The van der Waals surface area contributed by atoms with Crippen LogP contribution in [-0.4, -0.2) is 32.6 Å². The van der Waals surface area contributed by atoms with Gasteiger partial charge in [-0.3, -0.25) is 4.79 Å². The van der Waals surface area contributed by atoms with E-state index in [0.717, 1.165) is 5.56 Å². The number of hydrogen-bond donors (Lipinski definition) is 1. The monoisotopic (exact) mass is 416 g/mol. The number of nitrogens with one attached hydrogen (secondary N) is 1. The Morgan fingerprint density at radius 2 is 1.87 bits per heavy atom. The average molecular weight is 416 g/mol. The van der Waals surface area contributed by atoms with E-state index in [4.69, 9.17) is 19.5 Å². The molecule has 2 aromatic carbocycles. The number of ketones is 1. The van der Waals surface area contributed by atoms with Gasteiger partial charge in [0, 0.05) is 28.3 Å². The van der Waals surface area contributed by atoms with Gasteiger partial charge in [-0.05, 0) is 24.6 Å². The third-order valence-electron chi connectivity index (χ3n) is 5.47. The van der Waals surface area contributed by atoms with E-state index < -0.39 is 11.9 Å². The summed E-state index contributed by atoms with van der Waals surface area (Å²) < 4.78 is 15.9. The number of Topliss-reactive ketones (excluding diaryl/α,β-unsaturated/α-hetero) is 1. The molecule has 1 N–H and O–H groups in total. The van der Waals surface area contributed by atoms with Crippen LogP contribution in [0.15, 0.2) is 59.3 Å². The first-order chi connectivity index (χ1) is 15.0. The van der Waals surface area contributed by atoms with Crippen molar-refractivity contribution in [2.45, 2.75) is 12.8 Å². The van der Waals surface area contributed by atoms with Crippen LogP contribution >= 0.6 is 0 Å². The zero-order valence-corrected chi connectivity index (χ0v) is 17.3. The van der Waals surface area contributed by atoms with Gasteiger partial charge in [0.25, 0.3) is 0 Å². The van der Waals surface area contributed by atoms with Gasteiger partial charge in [0.15, 0.2) is 23.9 Å². The fraction of sp³-hybridized carbons (Fsp3) is 0.208. The number of nitrogens with zero attached hydrogens (tertiary/aromatic N) is 1. The van der Waals surface area contributed by atoms with Crippen LogP contribution in [-0.2, 0) is 9.53 Å². The summed E-state index contributed by atoms with van der Waals surface area (Å²) in [6.07, 6.45) is 0. The summed E-state index contributed by atoms with van der Waals surface area (Å²) in [4.78, 5) is 26.1. The molecule has 2 aliphatic rings. The van der Waals surface area contributed by atoms with Crippen molar-refractivity contribution < 1.29 is 23.8 Å². The fourth-order valence-electron chi connectivity index (χ4n) is 4.14. The second kappa shape index (κ2) is 8.00. The largest absolute Gasteiger partial charge is 0.493 e. The number of carbonyl (C=O) groups excluding carboxylic acids is 2. The van der Waals surface area contributed by atoms with Crippen LogP contribution in [0.1, 0.15) is 34.3 Å². The molecule has 0 radical (unpaired) electrons. The Labute approximate surface area is 179 Å². The van der Waals surface area contributed by atoms with Crippen LogP contribution in [0.5, 0.6) is 11.5 Å². The minimum Gasteiger partial charge on any atom is -0.493 e. The summed E-state index contributed by atoms with van der Waals surface area (Å²) in [5.74, 6) is -0.507. The van der Waals surface area contributed by atoms with E-state index in [1.54, 1.807) is 31.2 Å². The number of benzene rings is 2. The van der Waals surface area contributed by atoms with Gasteiger partial charge in [0.05, 0.1) is 25.5 Å². The molecule has 1 atom stereocenters. The molecule has 156 valence electrons. The maximum Gasteiger partial charge on any atom is 0.336 e. The molecule has 0 unspecified atom stereocenters. The van der Waals surface area contributed by atoms with Crippen molar-refractivity contribution in [2.75, 3.05) is 20.8 Å². The fourth-order valence-corrected chi connectivity index (χ4v) is 4.14. The smallest absolute Gasteiger partial charge is 0.336 e. The Bertz CT molecular complexity index is 1200. The highest BCUT2D eigenvalue weighted by Crippen LogP contribution is 2.47. The lowest BCUT2D eigenvalue weighted by molar-refractivity contribution is -0.136. The van der Waals surface area contributed by atoms with Gasteiger partial charge in [0.2, 0.25) is 0 Å². The van der Waals surface area contributed by atoms with E-state index in [2.05, 4.69) is 5.32 Å². The minimum atomic E-state index is -0.650. The molecule has 0 aromatic heterocycles. The number of rotatable bonds is 5. The Balaban J connectivity index is 1.90. The number of ether oxygens (including phenoxy) is 3. The lowest BCUT2D eigenvalue weighted by Crippen LogP contribution is -2.29. The topological polar surface area (TPSA) is 97.6 Å². The van der Waals surface area contributed by atoms with Crippen molar-refractivity contribution in [3.63, 3.8) is 0 Å². The molecule has 1 heterocycles. The Morgan fingerprint density at radius 1 is 1.13 bits per heavy atom. The van der Waals surface area contributed by atoms with E-state index in [0.29, 0.717) is 45.2 Å². The molecule has 31 heavy (non-hydrogen) atoms. The molecule has 7 nitrogen and oxygen atoms in total. The van der Waals surface area contributed by atoms with Crippen LogP contribution in [0.2, 0.25) is 0 Å². The highest BCUT2D eigenvalue weighted by Gasteiger charge is 2.42. The predicted molar refractivity (Wildman–Crippen MR) is 112 cm³/mol. The first-order valence-electron chi connectivity index (χ1n) is 9.63. The number of dihydropyridines is 1. The molecule has 0 amide bonds. The SMILES string of the molecule is COC(=O)C1=C(C)NC2=C(C(=O)c3ccccc32)[C@@H]1c1ccc(OCC#N)c(OC)c1. The first kappa shape index (κ1) is 20.2. The number of esters is 1. The zero-order chi connectivity index (χ0) is 22.1. The van der Waals surface area contributed by atoms with Crippen LogP contribution in [0, 0.1) is 11.3 Å². The summed E-state index contributed by atoms with van der Waals surface area (Å²) in [7, 11) is 2.80. The normalized spacial score (nSPS) is 16.8. The lowest BCUT2D eigenvalue weighted by Gasteiger charge is -2.29. The number of nitriles is 1. The summed E-state index contributed by atoms with van der Waals surface area (Å²) in [5, 5.41) is 12.0. The number of fused-ring (bicyclic) bond motifs is 2. The first-order valence-corrected chi connectivity index (χ1v) is 9.63. The predicted octanol–water partition coefficient (Wildman–Crippen LogP) is 3.34. The number of allylic oxidation sites excluding steroid dienone is 2. The molecule has 0 bridgehead atoms. The molecule has 1 aliphatic heterocycles. The van der Waals surface area contributed by atoms with Gasteiger partial charge >= 0.3 is 5.97 Å².